The van der Waals surface area contributed by atoms with Crippen molar-refractivity contribution in [1.29, 1.82) is 0 Å². The topological polar surface area (TPSA) is 68.4 Å². The molecule has 2 heterocycles. The molecule has 0 saturated carbocycles. The summed E-state index contributed by atoms with van der Waals surface area (Å²) >= 11 is 0. The average Bonchev–Trinajstić information content (AvgIpc) is 2.97. The molecule has 3 atom stereocenters. The highest BCUT2D eigenvalue weighted by atomic mass is 16.3. The van der Waals surface area contributed by atoms with E-state index in [-0.39, 0.29) is 30.5 Å². The minimum Gasteiger partial charge on any atom is -0.394 e. The van der Waals surface area contributed by atoms with Crippen molar-refractivity contribution >= 4 is 22.5 Å². The number of hydrogen-bond donors (Lipinski definition) is 3. The van der Waals surface area contributed by atoms with Crippen LogP contribution in [0.2, 0.25) is 0 Å². The molecule has 1 aliphatic heterocycles. The molecule has 1 aliphatic rings. The summed E-state index contributed by atoms with van der Waals surface area (Å²) in [6, 6.07) is 5.63. The van der Waals surface area contributed by atoms with Gasteiger partial charge in [0.15, 0.2) is 0 Å². The summed E-state index contributed by atoms with van der Waals surface area (Å²) in [6.07, 6.45) is 3.53. The van der Waals surface area contributed by atoms with E-state index in [0.717, 1.165) is 28.6 Å². The molecule has 0 saturated heterocycles. The minimum absolute atomic E-state index is 0.00737. The minimum atomic E-state index is -0.257. The van der Waals surface area contributed by atoms with Crippen molar-refractivity contribution in [3.63, 3.8) is 0 Å². The fourth-order valence-corrected chi connectivity index (χ4v) is 3.59. The Morgan fingerprint density at radius 2 is 2.22 bits per heavy atom. The zero-order valence-corrected chi connectivity index (χ0v) is 14.0. The standard InChI is InChI=1S/C18H25N3O2/c1-4-11(2)17-18(23)20-13(10-22)8-12-9-19-14-6-5-7-15(16(12)14)21(17)3/h5-7,9,11,13,17,19,22H,4,8,10H2,1-3H3,(H,20,23)/t11?,13-,17-/m0/s1. The van der Waals surface area contributed by atoms with Gasteiger partial charge in [0.05, 0.1) is 12.6 Å². The summed E-state index contributed by atoms with van der Waals surface area (Å²) in [4.78, 5) is 18.2. The first-order valence-corrected chi connectivity index (χ1v) is 8.29. The Morgan fingerprint density at radius 3 is 2.91 bits per heavy atom. The van der Waals surface area contributed by atoms with E-state index in [0.29, 0.717) is 6.42 Å². The van der Waals surface area contributed by atoms with E-state index in [4.69, 9.17) is 0 Å². The number of rotatable bonds is 3. The van der Waals surface area contributed by atoms with Crippen molar-refractivity contribution in [1.82, 2.24) is 10.3 Å². The molecule has 1 amide bonds. The van der Waals surface area contributed by atoms with E-state index in [9.17, 15) is 9.90 Å². The summed E-state index contributed by atoms with van der Waals surface area (Å²) < 4.78 is 0. The van der Waals surface area contributed by atoms with Gasteiger partial charge in [0.1, 0.15) is 6.04 Å². The zero-order valence-electron chi connectivity index (χ0n) is 14.0. The van der Waals surface area contributed by atoms with Crippen LogP contribution in [0.5, 0.6) is 0 Å². The van der Waals surface area contributed by atoms with Crippen molar-refractivity contribution in [2.45, 2.75) is 38.8 Å². The molecule has 0 bridgehead atoms. The third-order valence-corrected chi connectivity index (χ3v) is 5.05. The second-order valence-electron chi connectivity index (χ2n) is 6.55. The molecule has 124 valence electrons. The molecule has 1 unspecified atom stereocenters. The van der Waals surface area contributed by atoms with Crippen molar-refractivity contribution in [2.75, 3.05) is 18.6 Å². The highest BCUT2D eigenvalue weighted by Crippen LogP contribution is 2.33. The number of benzene rings is 1. The second-order valence-corrected chi connectivity index (χ2v) is 6.55. The zero-order chi connectivity index (χ0) is 16.6. The van der Waals surface area contributed by atoms with E-state index in [1.54, 1.807) is 0 Å². The van der Waals surface area contributed by atoms with E-state index in [2.05, 4.69) is 41.2 Å². The van der Waals surface area contributed by atoms with Gasteiger partial charge >= 0.3 is 0 Å². The number of amides is 1. The van der Waals surface area contributed by atoms with Crippen LogP contribution in [0.4, 0.5) is 5.69 Å². The van der Waals surface area contributed by atoms with Gasteiger partial charge in [-0.15, -0.1) is 0 Å². The number of aromatic amines is 1. The SMILES string of the molecule is CCC(C)[C@H]1C(=O)N[C@H](CO)Cc2c[nH]c3cccc(c23)N1C. The number of aliphatic hydroxyl groups is 1. The van der Waals surface area contributed by atoms with Crippen LogP contribution in [0.1, 0.15) is 25.8 Å². The lowest BCUT2D eigenvalue weighted by Gasteiger charge is -2.33. The molecule has 3 rings (SSSR count). The maximum atomic E-state index is 12.8. The lowest BCUT2D eigenvalue weighted by Crippen LogP contribution is -2.52. The molecule has 2 aromatic rings. The largest absolute Gasteiger partial charge is 0.394 e. The Morgan fingerprint density at radius 1 is 1.43 bits per heavy atom. The maximum absolute atomic E-state index is 12.8. The predicted molar refractivity (Wildman–Crippen MR) is 92.7 cm³/mol. The van der Waals surface area contributed by atoms with Crippen LogP contribution in [0.15, 0.2) is 24.4 Å². The summed E-state index contributed by atoms with van der Waals surface area (Å²) in [5.41, 5.74) is 3.27. The van der Waals surface area contributed by atoms with Crippen LogP contribution in [0, 0.1) is 5.92 Å². The van der Waals surface area contributed by atoms with Crippen molar-refractivity contribution in [3.05, 3.63) is 30.0 Å². The Balaban J connectivity index is 2.18. The molecule has 1 aromatic heterocycles. The number of carbonyl (C=O) groups is 1. The van der Waals surface area contributed by atoms with Crippen LogP contribution >= 0.6 is 0 Å². The Bertz CT molecular complexity index is 709. The van der Waals surface area contributed by atoms with Gasteiger partial charge in [-0.1, -0.05) is 26.3 Å². The molecule has 5 heteroatoms. The molecule has 1 aromatic carbocycles. The molecule has 0 spiro atoms. The first kappa shape index (κ1) is 15.9. The summed E-state index contributed by atoms with van der Waals surface area (Å²) in [6.45, 7) is 4.15. The first-order valence-electron chi connectivity index (χ1n) is 8.29. The molecule has 0 fully saturated rings. The summed E-state index contributed by atoms with van der Waals surface area (Å²) in [5, 5.41) is 13.8. The van der Waals surface area contributed by atoms with Crippen LogP contribution < -0.4 is 10.2 Å². The normalized spacial score (nSPS) is 23.1. The molecule has 0 radical (unpaired) electrons. The van der Waals surface area contributed by atoms with Gasteiger partial charge in [-0.05, 0) is 30.0 Å². The van der Waals surface area contributed by atoms with Gasteiger partial charge in [0, 0.05) is 29.8 Å². The first-order chi connectivity index (χ1) is 11.1. The van der Waals surface area contributed by atoms with Crippen LogP contribution in [0.3, 0.4) is 0 Å². The number of H-pyrrole nitrogens is 1. The number of hydrogen-bond acceptors (Lipinski definition) is 3. The Kier molecular flexibility index (Phi) is 4.31. The van der Waals surface area contributed by atoms with Gasteiger partial charge in [-0.3, -0.25) is 4.79 Å². The lowest BCUT2D eigenvalue weighted by molar-refractivity contribution is -0.124. The predicted octanol–water partition coefficient (Wildman–Crippen LogP) is 2.05. The molecule has 5 nitrogen and oxygen atoms in total. The monoisotopic (exact) mass is 315 g/mol. The van der Waals surface area contributed by atoms with Crippen LogP contribution in [-0.4, -0.2) is 41.7 Å². The van der Waals surface area contributed by atoms with Gasteiger partial charge in [-0.2, -0.15) is 0 Å². The van der Waals surface area contributed by atoms with Crippen molar-refractivity contribution < 1.29 is 9.90 Å². The quantitative estimate of drug-likeness (QED) is 0.812. The number of nitrogens with one attached hydrogen (secondary N) is 2. The molecule has 3 N–H and O–H groups in total. The highest BCUT2D eigenvalue weighted by molar-refractivity contribution is 5.98. The van der Waals surface area contributed by atoms with Crippen LogP contribution in [0.25, 0.3) is 10.9 Å². The fourth-order valence-electron chi connectivity index (χ4n) is 3.59. The van der Waals surface area contributed by atoms with E-state index in [1.165, 1.54) is 0 Å². The van der Waals surface area contributed by atoms with Gasteiger partial charge < -0.3 is 20.3 Å². The highest BCUT2D eigenvalue weighted by Gasteiger charge is 2.32. The van der Waals surface area contributed by atoms with Gasteiger partial charge in [-0.25, -0.2) is 0 Å². The van der Waals surface area contributed by atoms with Crippen molar-refractivity contribution in [2.24, 2.45) is 5.92 Å². The Labute approximate surface area is 136 Å². The fraction of sp³-hybridized carbons (Fsp3) is 0.500. The van der Waals surface area contributed by atoms with E-state index in [1.807, 2.05) is 19.3 Å². The third kappa shape index (κ3) is 2.70. The Hall–Kier alpha value is -2.01. The van der Waals surface area contributed by atoms with Gasteiger partial charge in [0.2, 0.25) is 5.91 Å². The molecule has 23 heavy (non-hydrogen) atoms. The van der Waals surface area contributed by atoms with Crippen molar-refractivity contribution in [3.8, 4) is 0 Å². The maximum Gasteiger partial charge on any atom is 0.243 e. The smallest absolute Gasteiger partial charge is 0.243 e. The van der Waals surface area contributed by atoms with E-state index < -0.39 is 0 Å². The second kappa shape index (κ2) is 6.24. The molecular weight excluding hydrogens is 290 g/mol. The molecule has 0 aliphatic carbocycles. The number of aliphatic hydroxyl groups excluding tert-OH is 1. The third-order valence-electron chi connectivity index (χ3n) is 5.05. The number of nitrogens with zero attached hydrogens (tertiary/aromatic N) is 1. The number of aromatic nitrogens is 1. The number of likely N-dealkylation sites (N-methyl/N-ethyl adjacent to an activating group) is 1. The number of anilines is 1. The summed E-state index contributed by atoms with van der Waals surface area (Å²) in [5.74, 6) is 0.210. The van der Waals surface area contributed by atoms with E-state index >= 15 is 0 Å². The lowest BCUT2D eigenvalue weighted by atomic mass is 9.96. The average molecular weight is 315 g/mol. The summed E-state index contributed by atoms with van der Waals surface area (Å²) in [7, 11) is 1.99. The number of carbonyl (C=O) groups excluding carboxylic acids is 1. The molecular formula is C18H25N3O2. The van der Waals surface area contributed by atoms with Gasteiger partial charge in [0.25, 0.3) is 0 Å². The van der Waals surface area contributed by atoms with Crippen LogP contribution in [-0.2, 0) is 11.2 Å².